The fourth-order valence-corrected chi connectivity index (χ4v) is 2.67. The van der Waals surface area contributed by atoms with Crippen LogP contribution < -0.4 is 4.74 Å². The second-order valence-corrected chi connectivity index (χ2v) is 7.05. The Hall–Kier alpha value is -2.69. The standard InChI is InChI=1S/C20H24N4O/c1-6-25-16-11-9-15(10-12-16)22-23-19-17(20(3,4)5)21-18-14(2)8-7-13-24(18)19/h7-13H,6H2,1-5H3. The monoisotopic (exact) mass is 336 g/mol. The molecule has 0 radical (unpaired) electrons. The number of ether oxygens (including phenoxy) is 1. The van der Waals surface area contributed by atoms with Crippen LogP contribution in [0.2, 0.25) is 0 Å². The van der Waals surface area contributed by atoms with Gasteiger partial charge in [0.2, 0.25) is 0 Å². The molecule has 3 aromatic rings. The zero-order valence-electron chi connectivity index (χ0n) is 15.4. The Morgan fingerprint density at radius 2 is 1.80 bits per heavy atom. The maximum atomic E-state index is 5.46. The van der Waals surface area contributed by atoms with Crippen molar-refractivity contribution in [3.05, 3.63) is 53.9 Å². The Morgan fingerprint density at radius 3 is 2.44 bits per heavy atom. The fraction of sp³-hybridized carbons (Fsp3) is 0.350. The van der Waals surface area contributed by atoms with Crippen LogP contribution in [0, 0.1) is 6.92 Å². The van der Waals surface area contributed by atoms with E-state index in [9.17, 15) is 0 Å². The van der Waals surface area contributed by atoms with E-state index in [0.717, 1.165) is 34.2 Å². The number of aromatic nitrogens is 2. The summed E-state index contributed by atoms with van der Waals surface area (Å²) in [7, 11) is 0. The molecule has 0 aliphatic heterocycles. The molecular weight excluding hydrogens is 312 g/mol. The van der Waals surface area contributed by atoms with Gasteiger partial charge in [-0.25, -0.2) is 4.98 Å². The number of aryl methyl sites for hydroxylation is 1. The Balaban J connectivity index is 2.03. The largest absolute Gasteiger partial charge is 0.494 e. The van der Waals surface area contributed by atoms with Crippen LogP contribution in [-0.2, 0) is 5.41 Å². The van der Waals surface area contributed by atoms with E-state index in [0.29, 0.717) is 6.61 Å². The maximum absolute atomic E-state index is 5.46. The second-order valence-electron chi connectivity index (χ2n) is 7.05. The first kappa shape index (κ1) is 17.1. The molecule has 0 amide bonds. The highest BCUT2D eigenvalue weighted by Gasteiger charge is 2.24. The lowest BCUT2D eigenvalue weighted by molar-refractivity contribution is 0.340. The minimum absolute atomic E-state index is 0.119. The number of rotatable bonds is 4. The summed E-state index contributed by atoms with van der Waals surface area (Å²) < 4.78 is 7.47. The molecule has 3 rings (SSSR count). The van der Waals surface area contributed by atoms with Crippen molar-refractivity contribution in [1.82, 2.24) is 9.38 Å². The predicted molar refractivity (Wildman–Crippen MR) is 100 cm³/mol. The van der Waals surface area contributed by atoms with Crippen molar-refractivity contribution < 1.29 is 4.74 Å². The number of hydrogen-bond acceptors (Lipinski definition) is 4. The zero-order valence-corrected chi connectivity index (χ0v) is 15.4. The molecule has 2 heterocycles. The van der Waals surface area contributed by atoms with Crippen molar-refractivity contribution in [2.45, 2.75) is 40.0 Å². The number of fused-ring (bicyclic) bond motifs is 1. The van der Waals surface area contributed by atoms with Gasteiger partial charge < -0.3 is 4.74 Å². The van der Waals surface area contributed by atoms with E-state index >= 15 is 0 Å². The number of imidazole rings is 1. The average molecular weight is 336 g/mol. The van der Waals surface area contributed by atoms with Gasteiger partial charge in [-0.1, -0.05) is 26.8 Å². The van der Waals surface area contributed by atoms with Gasteiger partial charge in [0, 0.05) is 11.6 Å². The molecule has 0 aliphatic rings. The van der Waals surface area contributed by atoms with E-state index in [1.54, 1.807) is 0 Å². The van der Waals surface area contributed by atoms with E-state index < -0.39 is 0 Å². The van der Waals surface area contributed by atoms with Crippen LogP contribution in [0.3, 0.4) is 0 Å². The first-order valence-electron chi connectivity index (χ1n) is 8.53. The van der Waals surface area contributed by atoms with E-state index in [1.165, 1.54) is 0 Å². The molecule has 2 aromatic heterocycles. The molecule has 0 fully saturated rings. The molecule has 0 bridgehead atoms. The van der Waals surface area contributed by atoms with E-state index in [1.807, 2.05) is 47.9 Å². The van der Waals surface area contributed by atoms with Crippen LogP contribution in [0.15, 0.2) is 52.8 Å². The van der Waals surface area contributed by atoms with Crippen molar-refractivity contribution in [1.29, 1.82) is 0 Å². The van der Waals surface area contributed by atoms with Crippen molar-refractivity contribution in [2.75, 3.05) is 6.61 Å². The third-order valence-corrected chi connectivity index (χ3v) is 3.94. The topological polar surface area (TPSA) is 51.2 Å². The van der Waals surface area contributed by atoms with Crippen molar-refractivity contribution in [3.63, 3.8) is 0 Å². The summed E-state index contributed by atoms with van der Waals surface area (Å²) >= 11 is 0. The number of pyridine rings is 1. The minimum atomic E-state index is -0.119. The Bertz CT molecular complexity index is 902. The third kappa shape index (κ3) is 3.55. The first-order chi connectivity index (χ1) is 11.9. The molecule has 0 atom stereocenters. The SMILES string of the molecule is CCOc1ccc(N=Nc2c(C(C)(C)C)nc3c(C)cccn23)cc1. The normalized spacial score (nSPS) is 12.2. The summed E-state index contributed by atoms with van der Waals surface area (Å²) in [4.78, 5) is 4.82. The number of hydrogen-bond donors (Lipinski definition) is 0. The van der Waals surface area contributed by atoms with Gasteiger partial charge in [-0.05, 0) is 49.7 Å². The molecule has 0 unspecified atom stereocenters. The first-order valence-corrected chi connectivity index (χ1v) is 8.53. The molecule has 0 spiro atoms. The highest BCUT2D eigenvalue weighted by Crippen LogP contribution is 2.34. The smallest absolute Gasteiger partial charge is 0.183 e. The quantitative estimate of drug-likeness (QED) is 0.569. The second kappa shape index (κ2) is 6.67. The van der Waals surface area contributed by atoms with E-state index in [4.69, 9.17) is 9.72 Å². The highest BCUT2D eigenvalue weighted by atomic mass is 16.5. The maximum Gasteiger partial charge on any atom is 0.183 e. The highest BCUT2D eigenvalue weighted by molar-refractivity contribution is 5.58. The van der Waals surface area contributed by atoms with Crippen LogP contribution >= 0.6 is 0 Å². The summed E-state index contributed by atoms with van der Waals surface area (Å²) in [5, 5.41) is 8.94. The molecule has 0 saturated heterocycles. The van der Waals surface area contributed by atoms with Gasteiger partial charge >= 0.3 is 0 Å². The molecule has 5 nitrogen and oxygen atoms in total. The molecule has 1 aromatic carbocycles. The van der Waals surface area contributed by atoms with Crippen molar-refractivity contribution in [2.24, 2.45) is 10.2 Å². The van der Waals surface area contributed by atoms with Crippen LogP contribution in [0.1, 0.15) is 39.0 Å². The van der Waals surface area contributed by atoms with Crippen LogP contribution in [0.25, 0.3) is 5.65 Å². The fourth-order valence-electron chi connectivity index (χ4n) is 2.67. The third-order valence-electron chi connectivity index (χ3n) is 3.94. The van der Waals surface area contributed by atoms with Gasteiger partial charge in [-0.3, -0.25) is 4.40 Å². The van der Waals surface area contributed by atoms with Gasteiger partial charge in [-0.15, -0.1) is 10.2 Å². The lowest BCUT2D eigenvalue weighted by atomic mass is 9.92. The van der Waals surface area contributed by atoms with E-state index in [-0.39, 0.29) is 5.41 Å². The summed E-state index contributed by atoms with van der Waals surface area (Å²) in [5.74, 6) is 1.61. The molecule has 0 saturated carbocycles. The van der Waals surface area contributed by atoms with Crippen LogP contribution in [0.5, 0.6) is 5.75 Å². The Morgan fingerprint density at radius 1 is 1.08 bits per heavy atom. The molecule has 0 N–H and O–H groups in total. The Labute approximate surface area is 148 Å². The van der Waals surface area contributed by atoms with Crippen LogP contribution in [0.4, 0.5) is 11.5 Å². The number of azo groups is 1. The van der Waals surface area contributed by atoms with Gasteiger partial charge in [0.05, 0.1) is 18.0 Å². The molecule has 25 heavy (non-hydrogen) atoms. The summed E-state index contributed by atoms with van der Waals surface area (Å²) in [6.45, 7) is 11.1. The van der Waals surface area contributed by atoms with Crippen LogP contribution in [-0.4, -0.2) is 16.0 Å². The summed E-state index contributed by atoms with van der Waals surface area (Å²) in [5.41, 5.74) is 3.65. The average Bonchev–Trinajstić information content (AvgIpc) is 2.95. The van der Waals surface area contributed by atoms with Crippen molar-refractivity contribution >= 4 is 17.2 Å². The summed E-state index contributed by atoms with van der Waals surface area (Å²) in [6, 6.07) is 11.7. The molecular formula is C20H24N4O. The van der Waals surface area contributed by atoms with Crippen molar-refractivity contribution in [3.8, 4) is 5.75 Å². The Kier molecular flexibility index (Phi) is 4.57. The minimum Gasteiger partial charge on any atom is -0.494 e. The number of benzene rings is 1. The van der Waals surface area contributed by atoms with Gasteiger partial charge in [-0.2, -0.15) is 0 Å². The van der Waals surface area contributed by atoms with E-state index in [2.05, 4.69) is 44.0 Å². The molecule has 5 heteroatoms. The number of nitrogens with zero attached hydrogens (tertiary/aromatic N) is 4. The van der Waals surface area contributed by atoms with Gasteiger partial charge in [0.15, 0.2) is 5.82 Å². The molecule has 0 aliphatic carbocycles. The summed E-state index contributed by atoms with van der Waals surface area (Å²) in [6.07, 6.45) is 1.98. The van der Waals surface area contributed by atoms with Gasteiger partial charge in [0.1, 0.15) is 11.4 Å². The van der Waals surface area contributed by atoms with Gasteiger partial charge in [0.25, 0.3) is 0 Å². The lowest BCUT2D eigenvalue weighted by Gasteiger charge is -2.15. The zero-order chi connectivity index (χ0) is 18.0. The predicted octanol–water partition coefficient (Wildman–Crippen LogP) is 5.75. The molecule has 130 valence electrons. The lowest BCUT2D eigenvalue weighted by Crippen LogP contribution is -2.11.